The van der Waals surface area contributed by atoms with Crippen molar-refractivity contribution in [3.8, 4) is 5.75 Å². The molecular formula is C36H48O8. The van der Waals surface area contributed by atoms with E-state index in [9.17, 15) is 14.4 Å². The molecular weight excluding hydrogens is 560 g/mol. The summed E-state index contributed by atoms with van der Waals surface area (Å²) < 4.78 is 20.9. The Morgan fingerprint density at radius 2 is 1.41 bits per heavy atom. The minimum Gasteiger partial charge on any atom is -0.508 e. The van der Waals surface area contributed by atoms with E-state index in [-0.39, 0.29) is 49.8 Å². The maximum absolute atomic E-state index is 12.1. The first-order valence-corrected chi connectivity index (χ1v) is 16.2. The van der Waals surface area contributed by atoms with Crippen molar-refractivity contribution in [1.82, 2.24) is 0 Å². The lowest BCUT2D eigenvalue weighted by Crippen LogP contribution is -2.49. The molecule has 4 bridgehead atoms. The predicted molar refractivity (Wildman–Crippen MR) is 166 cm³/mol. The number of benzene rings is 2. The molecule has 0 aromatic heterocycles. The zero-order valence-electron chi connectivity index (χ0n) is 26.5. The average molecular weight is 609 g/mol. The Balaban J connectivity index is 0.000000176. The minimum absolute atomic E-state index is 0.0986. The van der Waals surface area contributed by atoms with Crippen molar-refractivity contribution >= 4 is 17.9 Å². The lowest BCUT2D eigenvalue weighted by atomic mass is 9.55. The van der Waals surface area contributed by atoms with Crippen LogP contribution in [0.15, 0.2) is 48.5 Å². The lowest BCUT2D eigenvalue weighted by Gasteiger charge is -2.53. The molecule has 4 aliphatic carbocycles. The number of cyclic esters (lactones) is 1. The van der Waals surface area contributed by atoms with Crippen LogP contribution in [0.2, 0.25) is 0 Å². The Kier molecular flexibility index (Phi) is 12.2. The topological polar surface area (TPSA) is 108 Å². The molecule has 1 atom stereocenters. The molecule has 0 radical (unpaired) electrons. The summed E-state index contributed by atoms with van der Waals surface area (Å²) >= 11 is 0. The van der Waals surface area contributed by atoms with Crippen molar-refractivity contribution in [3.05, 3.63) is 65.2 Å². The highest BCUT2D eigenvalue weighted by atomic mass is 16.7. The quantitative estimate of drug-likeness (QED) is 0.201. The summed E-state index contributed by atoms with van der Waals surface area (Å²) in [6, 6.07) is 14.9. The second-order valence-corrected chi connectivity index (χ2v) is 12.8. The Labute approximate surface area is 261 Å². The normalized spacial score (nSPS) is 26.2. The molecule has 1 aliphatic heterocycles. The molecule has 1 N–H and O–H groups in total. The largest absolute Gasteiger partial charge is 0.508 e. The van der Waals surface area contributed by atoms with Crippen LogP contribution in [-0.4, -0.2) is 48.6 Å². The zero-order chi connectivity index (χ0) is 31.6. The summed E-state index contributed by atoms with van der Waals surface area (Å²) in [5, 5.41) is 8.85. The summed E-state index contributed by atoms with van der Waals surface area (Å²) in [5.74, 6) is 2.62. The van der Waals surface area contributed by atoms with Gasteiger partial charge in [0.05, 0.1) is 24.0 Å². The molecule has 2 aromatic rings. The Morgan fingerprint density at radius 3 is 1.89 bits per heavy atom. The maximum Gasteiger partial charge on any atom is 0.340 e. The summed E-state index contributed by atoms with van der Waals surface area (Å²) in [6.45, 7) is 8.00. The van der Waals surface area contributed by atoms with E-state index in [2.05, 4.69) is 18.6 Å². The fourth-order valence-electron chi connectivity index (χ4n) is 6.87. The van der Waals surface area contributed by atoms with Gasteiger partial charge in [0.1, 0.15) is 18.5 Å². The first kappa shape index (κ1) is 33.5. The average Bonchev–Trinajstić information content (AvgIpc) is 3.43. The van der Waals surface area contributed by atoms with Crippen LogP contribution in [0, 0.1) is 29.6 Å². The number of carbonyl (C=O) groups is 3. The number of phenolic OH excluding ortho intramolecular Hbond substituents is 1. The molecule has 1 unspecified atom stereocenters. The van der Waals surface area contributed by atoms with Crippen LogP contribution in [0.1, 0.15) is 87.7 Å². The van der Waals surface area contributed by atoms with Gasteiger partial charge in [0.25, 0.3) is 0 Å². The number of hydrogen-bond acceptors (Lipinski definition) is 8. The van der Waals surface area contributed by atoms with Crippen molar-refractivity contribution in [3.63, 3.8) is 0 Å². The highest BCUT2D eigenvalue weighted by molar-refractivity contribution is 5.89. The molecule has 8 heteroatoms. The van der Waals surface area contributed by atoms with Crippen LogP contribution in [0.4, 0.5) is 0 Å². The summed E-state index contributed by atoms with van der Waals surface area (Å²) in [4.78, 5) is 33.7. The SMILES string of the molecule is CC(C)C(=O)OC1COC(=O)C1.CCc1ccc(C(=O)OCOC2C3CC4CC(C3)CC2C4)cc1.CCc1ccc(O)cc1. The third kappa shape index (κ3) is 9.55. The van der Waals surface area contributed by atoms with Crippen LogP contribution < -0.4 is 0 Å². The monoisotopic (exact) mass is 608 g/mol. The van der Waals surface area contributed by atoms with E-state index in [1.54, 1.807) is 26.0 Å². The van der Waals surface area contributed by atoms with Gasteiger partial charge in [-0.1, -0.05) is 52.0 Å². The first-order valence-electron chi connectivity index (χ1n) is 16.2. The summed E-state index contributed by atoms with van der Waals surface area (Å²) in [7, 11) is 0. The molecule has 0 amide bonds. The number of aryl methyl sites for hydroxylation is 2. The zero-order valence-corrected chi connectivity index (χ0v) is 26.5. The molecule has 44 heavy (non-hydrogen) atoms. The van der Waals surface area contributed by atoms with Crippen molar-refractivity contribution in [1.29, 1.82) is 0 Å². The van der Waals surface area contributed by atoms with Crippen molar-refractivity contribution in [2.45, 2.75) is 91.3 Å². The molecule has 240 valence electrons. The van der Waals surface area contributed by atoms with Gasteiger partial charge in [-0.15, -0.1) is 0 Å². The number of ether oxygens (including phenoxy) is 4. The molecule has 1 heterocycles. The van der Waals surface area contributed by atoms with Crippen LogP contribution in [0.3, 0.4) is 0 Å². The van der Waals surface area contributed by atoms with E-state index in [4.69, 9.17) is 19.3 Å². The van der Waals surface area contributed by atoms with Gasteiger partial charge >= 0.3 is 17.9 Å². The first-order chi connectivity index (χ1) is 21.1. The van der Waals surface area contributed by atoms with Crippen molar-refractivity contribution in [2.75, 3.05) is 13.4 Å². The van der Waals surface area contributed by atoms with Gasteiger partial charge in [0.15, 0.2) is 6.79 Å². The molecule has 0 spiro atoms. The third-order valence-electron chi connectivity index (χ3n) is 9.11. The van der Waals surface area contributed by atoms with Gasteiger partial charge in [0, 0.05) is 0 Å². The van der Waals surface area contributed by atoms with E-state index in [1.165, 1.54) is 43.2 Å². The standard InChI is InChI=1S/C20H26O3.C8H12O4.C8H10O/c1-2-13-3-5-16(6-4-13)20(21)23-12-22-19-17-8-14-7-15(10-17)11-18(19)9-14;1-5(2)8(10)12-6-3-7(9)11-4-6;1-2-7-3-5-8(9)6-4-7/h3-6,14-15,17-19H,2,7-12H2,1H3;5-6H,3-4H2,1-2H3;3-6,9H,2H2,1H3. The number of esters is 3. The van der Waals surface area contributed by atoms with E-state index in [1.807, 2.05) is 36.4 Å². The number of rotatable bonds is 8. The molecule has 2 aromatic carbocycles. The number of phenols is 1. The minimum atomic E-state index is -0.368. The molecule has 5 fully saturated rings. The van der Waals surface area contributed by atoms with E-state index < -0.39 is 0 Å². The summed E-state index contributed by atoms with van der Waals surface area (Å²) in [6.07, 6.45) is 8.89. The fourth-order valence-corrected chi connectivity index (χ4v) is 6.87. The van der Waals surface area contributed by atoms with Crippen LogP contribution in [0.25, 0.3) is 0 Å². The van der Waals surface area contributed by atoms with Crippen LogP contribution in [-0.2, 0) is 41.4 Å². The second kappa shape index (κ2) is 16.1. The molecule has 7 rings (SSSR count). The maximum atomic E-state index is 12.1. The lowest BCUT2D eigenvalue weighted by molar-refractivity contribution is -0.162. The Morgan fingerprint density at radius 1 is 0.864 bits per heavy atom. The molecule has 1 saturated heterocycles. The second-order valence-electron chi connectivity index (χ2n) is 12.8. The van der Waals surface area contributed by atoms with Crippen molar-refractivity contribution < 1.29 is 38.4 Å². The van der Waals surface area contributed by atoms with Gasteiger partial charge < -0.3 is 24.1 Å². The highest BCUT2D eigenvalue weighted by Gasteiger charge is 2.48. The van der Waals surface area contributed by atoms with E-state index in [0.29, 0.717) is 29.3 Å². The van der Waals surface area contributed by atoms with E-state index in [0.717, 1.165) is 24.7 Å². The highest BCUT2D eigenvalue weighted by Crippen LogP contribution is 2.54. The molecule has 5 aliphatic rings. The van der Waals surface area contributed by atoms with Gasteiger partial charge in [-0.25, -0.2) is 4.79 Å². The van der Waals surface area contributed by atoms with Gasteiger partial charge in [-0.2, -0.15) is 0 Å². The number of carbonyl (C=O) groups excluding carboxylic acids is 3. The van der Waals surface area contributed by atoms with Crippen LogP contribution >= 0.6 is 0 Å². The Bertz CT molecular complexity index is 1190. The van der Waals surface area contributed by atoms with Gasteiger partial charge in [-0.3, -0.25) is 9.59 Å². The van der Waals surface area contributed by atoms with Gasteiger partial charge in [0.2, 0.25) is 0 Å². The third-order valence-corrected chi connectivity index (χ3v) is 9.11. The molecule has 8 nitrogen and oxygen atoms in total. The predicted octanol–water partition coefficient (Wildman–Crippen LogP) is 6.66. The summed E-state index contributed by atoms with van der Waals surface area (Å²) in [5.41, 5.74) is 3.09. The number of aromatic hydroxyl groups is 1. The van der Waals surface area contributed by atoms with Crippen molar-refractivity contribution in [2.24, 2.45) is 29.6 Å². The molecule has 4 saturated carbocycles. The van der Waals surface area contributed by atoms with E-state index >= 15 is 0 Å². The Hall–Kier alpha value is -3.39. The van der Waals surface area contributed by atoms with Gasteiger partial charge in [-0.05, 0) is 104 Å². The van der Waals surface area contributed by atoms with Crippen LogP contribution in [0.5, 0.6) is 5.75 Å². The number of hydrogen-bond donors (Lipinski definition) is 1. The fraction of sp³-hybridized carbons (Fsp3) is 0.583. The smallest absolute Gasteiger partial charge is 0.340 e.